The highest BCUT2D eigenvalue weighted by Gasteiger charge is 2.31. The molecule has 0 saturated carbocycles. The van der Waals surface area contributed by atoms with Gasteiger partial charge in [0.15, 0.2) is 0 Å². The van der Waals surface area contributed by atoms with Gasteiger partial charge in [0.05, 0.1) is 24.8 Å². The predicted octanol–water partition coefficient (Wildman–Crippen LogP) is 2.70. The Hall–Kier alpha value is -0.840. The smallest absolute Gasteiger partial charge is 0.120 e. The van der Waals surface area contributed by atoms with E-state index in [0.29, 0.717) is 0 Å². The molecule has 0 radical (unpaired) electrons. The third-order valence-electron chi connectivity index (χ3n) is 3.63. The van der Waals surface area contributed by atoms with Crippen molar-refractivity contribution >= 4 is 0 Å². The summed E-state index contributed by atoms with van der Waals surface area (Å²) in [6.07, 6.45) is 0.274. The van der Waals surface area contributed by atoms with Crippen molar-refractivity contribution in [1.82, 2.24) is 10.2 Å². The van der Waals surface area contributed by atoms with Crippen LogP contribution in [-0.4, -0.2) is 36.2 Å². The van der Waals surface area contributed by atoms with Gasteiger partial charge in [-0.25, -0.2) is 0 Å². The van der Waals surface area contributed by atoms with Gasteiger partial charge in [0.1, 0.15) is 11.5 Å². The van der Waals surface area contributed by atoms with Gasteiger partial charge in [-0.1, -0.05) is 6.92 Å². The Bertz CT molecular complexity index is 440. The molecule has 0 aliphatic carbocycles. The predicted molar refractivity (Wildman–Crippen MR) is 80.7 cm³/mol. The van der Waals surface area contributed by atoms with Crippen LogP contribution in [0.1, 0.15) is 44.8 Å². The van der Waals surface area contributed by atoms with Crippen LogP contribution in [0.4, 0.5) is 0 Å². The minimum absolute atomic E-state index is 0.0775. The zero-order chi connectivity index (χ0) is 14.8. The molecule has 4 heteroatoms. The van der Waals surface area contributed by atoms with E-state index < -0.39 is 0 Å². The second kappa shape index (κ2) is 6.29. The fourth-order valence-corrected chi connectivity index (χ4v) is 3.01. The monoisotopic (exact) mass is 280 g/mol. The van der Waals surface area contributed by atoms with Gasteiger partial charge in [-0.05, 0) is 45.9 Å². The molecule has 1 saturated heterocycles. The highest BCUT2D eigenvalue weighted by atomic mass is 16.5. The summed E-state index contributed by atoms with van der Waals surface area (Å²) in [7, 11) is 0. The zero-order valence-corrected chi connectivity index (χ0v) is 13.5. The molecule has 1 aromatic heterocycles. The fraction of sp³-hybridized carbons (Fsp3) is 0.750. The Morgan fingerprint density at radius 1 is 1.45 bits per heavy atom. The first-order valence-corrected chi connectivity index (χ1v) is 7.58. The third kappa shape index (κ3) is 4.08. The van der Waals surface area contributed by atoms with Crippen molar-refractivity contribution in [1.29, 1.82) is 0 Å². The van der Waals surface area contributed by atoms with Crippen LogP contribution in [0.5, 0.6) is 0 Å². The van der Waals surface area contributed by atoms with E-state index in [9.17, 15) is 0 Å². The number of hydrogen-bond acceptors (Lipinski definition) is 4. The van der Waals surface area contributed by atoms with Crippen molar-refractivity contribution in [2.24, 2.45) is 0 Å². The van der Waals surface area contributed by atoms with Crippen LogP contribution in [0.2, 0.25) is 0 Å². The van der Waals surface area contributed by atoms with Crippen molar-refractivity contribution in [2.45, 2.75) is 59.4 Å². The van der Waals surface area contributed by atoms with E-state index in [2.05, 4.69) is 50.9 Å². The standard InChI is InChI=1S/C16H28N2O2/c1-6-17-8-15-12(2)7-14(19-15)10-18-9-13(3)20-16(4,5)11-18/h7,13,17H,6,8-11H2,1-5H3. The number of nitrogens with one attached hydrogen (secondary N) is 1. The molecule has 0 bridgehead atoms. The summed E-state index contributed by atoms with van der Waals surface area (Å²) in [5, 5.41) is 3.32. The van der Waals surface area contributed by atoms with Gasteiger partial charge in [-0.3, -0.25) is 4.90 Å². The van der Waals surface area contributed by atoms with Gasteiger partial charge in [0, 0.05) is 13.1 Å². The molecule has 1 fully saturated rings. The molecule has 0 aromatic carbocycles. The molecule has 1 N–H and O–H groups in total. The summed E-state index contributed by atoms with van der Waals surface area (Å²) in [6.45, 7) is 15.2. The van der Waals surface area contributed by atoms with Crippen LogP contribution in [0.15, 0.2) is 10.5 Å². The van der Waals surface area contributed by atoms with Gasteiger partial charge in [-0.2, -0.15) is 0 Å². The Balaban J connectivity index is 1.99. The SMILES string of the molecule is CCNCc1oc(CN2CC(C)OC(C)(C)C2)cc1C. The lowest BCUT2D eigenvalue weighted by molar-refractivity contribution is -0.131. The minimum atomic E-state index is -0.0775. The lowest BCUT2D eigenvalue weighted by Gasteiger charge is -2.41. The van der Waals surface area contributed by atoms with Crippen molar-refractivity contribution in [3.05, 3.63) is 23.2 Å². The fourth-order valence-electron chi connectivity index (χ4n) is 3.01. The number of furan rings is 1. The molecule has 1 unspecified atom stereocenters. The minimum Gasteiger partial charge on any atom is -0.463 e. The lowest BCUT2D eigenvalue weighted by atomic mass is 10.1. The van der Waals surface area contributed by atoms with E-state index >= 15 is 0 Å². The van der Waals surface area contributed by atoms with Gasteiger partial charge < -0.3 is 14.5 Å². The molecule has 0 spiro atoms. The maximum atomic E-state index is 5.98. The highest BCUT2D eigenvalue weighted by Crippen LogP contribution is 2.23. The molecule has 0 amide bonds. The first-order valence-electron chi connectivity index (χ1n) is 7.58. The van der Waals surface area contributed by atoms with Crippen LogP contribution in [0.25, 0.3) is 0 Å². The van der Waals surface area contributed by atoms with E-state index in [-0.39, 0.29) is 11.7 Å². The summed E-state index contributed by atoms with van der Waals surface area (Å²) in [4.78, 5) is 2.42. The molecule has 2 heterocycles. The first-order chi connectivity index (χ1) is 9.39. The van der Waals surface area contributed by atoms with Gasteiger partial charge in [0.25, 0.3) is 0 Å². The van der Waals surface area contributed by atoms with E-state index in [1.54, 1.807) is 0 Å². The van der Waals surface area contributed by atoms with E-state index in [1.807, 2.05) is 0 Å². The van der Waals surface area contributed by atoms with Crippen LogP contribution in [-0.2, 0) is 17.8 Å². The van der Waals surface area contributed by atoms with E-state index in [4.69, 9.17) is 9.15 Å². The van der Waals surface area contributed by atoms with Crippen molar-refractivity contribution in [2.75, 3.05) is 19.6 Å². The normalized spacial score (nSPS) is 23.1. The van der Waals surface area contributed by atoms with Gasteiger partial charge in [0.2, 0.25) is 0 Å². The van der Waals surface area contributed by atoms with E-state index in [1.165, 1.54) is 5.56 Å². The van der Waals surface area contributed by atoms with Crippen LogP contribution in [0.3, 0.4) is 0 Å². The van der Waals surface area contributed by atoms with Crippen molar-refractivity contribution < 1.29 is 9.15 Å². The lowest BCUT2D eigenvalue weighted by Crippen LogP contribution is -2.51. The number of ether oxygens (including phenoxy) is 1. The van der Waals surface area contributed by atoms with E-state index in [0.717, 1.165) is 44.2 Å². The molecule has 20 heavy (non-hydrogen) atoms. The van der Waals surface area contributed by atoms with Crippen molar-refractivity contribution in [3.8, 4) is 0 Å². The summed E-state index contributed by atoms with van der Waals surface area (Å²) in [6, 6.07) is 2.17. The topological polar surface area (TPSA) is 37.6 Å². The quantitative estimate of drug-likeness (QED) is 0.900. The number of morpholine rings is 1. The Morgan fingerprint density at radius 3 is 2.85 bits per heavy atom. The first kappa shape index (κ1) is 15.5. The maximum absolute atomic E-state index is 5.98. The molecule has 1 aromatic rings. The second-order valence-electron chi connectivity index (χ2n) is 6.46. The van der Waals surface area contributed by atoms with Crippen molar-refractivity contribution in [3.63, 3.8) is 0 Å². The average molecular weight is 280 g/mol. The summed E-state index contributed by atoms with van der Waals surface area (Å²) in [5.41, 5.74) is 1.16. The molecular weight excluding hydrogens is 252 g/mol. The number of rotatable bonds is 5. The average Bonchev–Trinajstić information content (AvgIpc) is 2.64. The number of aryl methyl sites for hydroxylation is 1. The van der Waals surface area contributed by atoms with Crippen LogP contribution >= 0.6 is 0 Å². The maximum Gasteiger partial charge on any atom is 0.120 e. The molecule has 1 aliphatic rings. The summed E-state index contributed by atoms with van der Waals surface area (Å²) >= 11 is 0. The van der Waals surface area contributed by atoms with Gasteiger partial charge in [-0.15, -0.1) is 0 Å². The summed E-state index contributed by atoms with van der Waals surface area (Å²) < 4.78 is 11.9. The zero-order valence-electron chi connectivity index (χ0n) is 13.5. The molecule has 114 valence electrons. The number of hydrogen-bond donors (Lipinski definition) is 1. The Kier molecular flexibility index (Phi) is 4.89. The second-order valence-corrected chi connectivity index (χ2v) is 6.46. The Labute approximate surface area is 122 Å². The summed E-state index contributed by atoms with van der Waals surface area (Å²) in [5.74, 6) is 2.11. The van der Waals surface area contributed by atoms with Gasteiger partial charge >= 0.3 is 0 Å². The van der Waals surface area contributed by atoms with Crippen LogP contribution in [0, 0.1) is 6.92 Å². The number of nitrogens with zero attached hydrogens (tertiary/aromatic N) is 1. The molecule has 4 nitrogen and oxygen atoms in total. The third-order valence-corrected chi connectivity index (χ3v) is 3.63. The molecule has 1 atom stereocenters. The Morgan fingerprint density at radius 2 is 2.20 bits per heavy atom. The highest BCUT2D eigenvalue weighted by molar-refractivity contribution is 5.20. The molecular formula is C16H28N2O2. The van der Waals surface area contributed by atoms with Crippen LogP contribution < -0.4 is 5.32 Å². The largest absolute Gasteiger partial charge is 0.463 e. The molecule has 1 aliphatic heterocycles. The molecule has 2 rings (SSSR count).